The Bertz CT molecular complexity index is 1070. The van der Waals surface area contributed by atoms with Gasteiger partial charge < -0.3 is 10.0 Å². The van der Waals surface area contributed by atoms with Gasteiger partial charge in [0.2, 0.25) is 0 Å². The second-order valence-corrected chi connectivity index (χ2v) is 6.35. The van der Waals surface area contributed by atoms with Gasteiger partial charge in [-0.2, -0.15) is 9.61 Å². The van der Waals surface area contributed by atoms with Crippen LogP contribution in [0, 0.1) is 6.92 Å². The van der Waals surface area contributed by atoms with Gasteiger partial charge in [-0.1, -0.05) is 30.3 Å². The maximum absolute atomic E-state index is 9.40. The van der Waals surface area contributed by atoms with Gasteiger partial charge in [-0.05, 0) is 47.9 Å². The molecular weight excluding hydrogens is 324 g/mol. The highest BCUT2D eigenvalue weighted by molar-refractivity contribution is 5.79. The third-order valence-corrected chi connectivity index (χ3v) is 4.53. The molecule has 0 bridgehead atoms. The lowest BCUT2D eigenvalue weighted by Gasteiger charge is -2.20. The summed E-state index contributed by atoms with van der Waals surface area (Å²) in [7, 11) is 2.03. The molecule has 0 saturated heterocycles. The zero-order chi connectivity index (χ0) is 18.1. The minimum atomic E-state index is 0.0157. The smallest absolute Gasteiger partial charge is 0.165 e. The molecule has 0 unspecified atom stereocenters. The molecule has 0 fully saturated rings. The van der Waals surface area contributed by atoms with E-state index in [9.17, 15) is 5.11 Å². The van der Waals surface area contributed by atoms with Gasteiger partial charge in [0.15, 0.2) is 5.65 Å². The van der Waals surface area contributed by atoms with Gasteiger partial charge in [0.05, 0.1) is 12.8 Å². The van der Waals surface area contributed by atoms with E-state index in [1.165, 1.54) is 5.56 Å². The van der Waals surface area contributed by atoms with Crippen LogP contribution in [0.25, 0.3) is 16.8 Å². The Kier molecular flexibility index (Phi) is 4.14. The number of aliphatic hydroxyl groups excluding tert-OH is 1. The topological polar surface area (TPSA) is 53.7 Å². The minimum absolute atomic E-state index is 0.0157. The molecule has 4 rings (SSSR count). The Morgan fingerprint density at radius 2 is 1.92 bits per heavy atom. The summed E-state index contributed by atoms with van der Waals surface area (Å²) in [6.07, 6.45) is 3.63. The SMILES string of the molecule is Cc1cccc(N(C)c2ccnc3c(-c4cccc(CO)c4)cnn23)c1. The first-order valence-electron chi connectivity index (χ1n) is 8.50. The molecule has 130 valence electrons. The molecule has 0 aliphatic rings. The van der Waals surface area contributed by atoms with Crippen molar-refractivity contribution in [1.29, 1.82) is 0 Å². The highest BCUT2D eigenvalue weighted by atomic mass is 16.3. The fraction of sp³-hybridized carbons (Fsp3) is 0.143. The standard InChI is InChI=1S/C21H20N4O/c1-15-5-3-8-18(11-15)24(2)20-9-10-22-21-19(13-23-25(20)21)17-7-4-6-16(12-17)14-26/h3-13,26H,14H2,1-2H3. The zero-order valence-corrected chi connectivity index (χ0v) is 14.8. The minimum Gasteiger partial charge on any atom is -0.392 e. The number of fused-ring (bicyclic) bond motifs is 1. The average Bonchev–Trinajstić information content (AvgIpc) is 3.11. The molecule has 5 nitrogen and oxygen atoms in total. The Balaban J connectivity index is 1.82. The maximum atomic E-state index is 9.40. The summed E-state index contributed by atoms with van der Waals surface area (Å²) < 4.78 is 1.85. The van der Waals surface area contributed by atoms with Gasteiger partial charge in [-0.25, -0.2) is 4.98 Å². The number of hydrogen-bond acceptors (Lipinski definition) is 4. The molecule has 2 heterocycles. The van der Waals surface area contributed by atoms with Crippen molar-refractivity contribution in [3.63, 3.8) is 0 Å². The average molecular weight is 344 g/mol. The molecule has 2 aromatic carbocycles. The van der Waals surface area contributed by atoms with Crippen LogP contribution >= 0.6 is 0 Å². The largest absolute Gasteiger partial charge is 0.392 e. The van der Waals surface area contributed by atoms with Crippen molar-refractivity contribution in [3.05, 3.63) is 78.1 Å². The quantitative estimate of drug-likeness (QED) is 0.609. The van der Waals surface area contributed by atoms with Crippen molar-refractivity contribution in [2.24, 2.45) is 0 Å². The molecule has 0 radical (unpaired) electrons. The van der Waals surface area contributed by atoms with Crippen LogP contribution in [0.15, 0.2) is 67.0 Å². The van der Waals surface area contributed by atoms with Crippen molar-refractivity contribution in [1.82, 2.24) is 14.6 Å². The van der Waals surface area contributed by atoms with Crippen LogP contribution < -0.4 is 4.90 Å². The van der Waals surface area contributed by atoms with Gasteiger partial charge in [0, 0.05) is 24.5 Å². The third-order valence-electron chi connectivity index (χ3n) is 4.53. The summed E-state index contributed by atoms with van der Waals surface area (Å²) >= 11 is 0. The van der Waals surface area contributed by atoms with Crippen LogP contribution in [0.1, 0.15) is 11.1 Å². The first-order valence-corrected chi connectivity index (χ1v) is 8.50. The highest BCUT2D eigenvalue weighted by Crippen LogP contribution is 2.29. The Morgan fingerprint density at radius 3 is 2.73 bits per heavy atom. The lowest BCUT2D eigenvalue weighted by molar-refractivity contribution is 0.282. The lowest BCUT2D eigenvalue weighted by Crippen LogP contribution is -2.14. The lowest BCUT2D eigenvalue weighted by atomic mass is 10.1. The summed E-state index contributed by atoms with van der Waals surface area (Å²) in [4.78, 5) is 6.64. The fourth-order valence-corrected chi connectivity index (χ4v) is 3.14. The van der Waals surface area contributed by atoms with Crippen LogP contribution in [0.2, 0.25) is 0 Å². The number of aromatic nitrogens is 3. The Hall–Kier alpha value is -3.18. The summed E-state index contributed by atoms with van der Waals surface area (Å²) in [5.41, 5.74) is 5.90. The van der Waals surface area contributed by atoms with E-state index in [1.807, 2.05) is 48.1 Å². The van der Waals surface area contributed by atoms with E-state index in [2.05, 4.69) is 46.2 Å². The molecule has 5 heteroatoms. The van der Waals surface area contributed by atoms with Crippen molar-refractivity contribution in [2.75, 3.05) is 11.9 Å². The first kappa shape index (κ1) is 16.3. The van der Waals surface area contributed by atoms with Crippen LogP contribution in [0.3, 0.4) is 0 Å². The van der Waals surface area contributed by atoms with E-state index < -0.39 is 0 Å². The van der Waals surface area contributed by atoms with Crippen molar-refractivity contribution >= 4 is 17.2 Å². The second-order valence-electron chi connectivity index (χ2n) is 6.35. The predicted octanol–water partition coefficient (Wildman–Crippen LogP) is 3.96. The fourth-order valence-electron chi connectivity index (χ4n) is 3.14. The molecule has 0 spiro atoms. The molecule has 1 N–H and O–H groups in total. The number of rotatable bonds is 4. The van der Waals surface area contributed by atoms with Crippen LogP contribution in [-0.4, -0.2) is 26.8 Å². The molecule has 0 aliphatic carbocycles. The number of nitrogens with zero attached hydrogens (tertiary/aromatic N) is 4. The molecule has 4 aromatic rings. The molecule has 0 saturated carbocycles. The highest BCUT2D eigenvalue weighted by Gasteiger charge is 2.14. The van der Waals surface area contributed by atoms with Gasteiger partial charge >= 0.3 is 0 Å². The first-order chi connectivity index (χ1) is 12.7. The van der Waals surface area contributed by atoms with Crippen LogP contribution in [-0.2, 0) is 6.61 Å². The maximum Gasteiger partial charge on any atom is 0.165 e. The number of aryl methyl sites for hydroxylation is 1. The monoisotopic (exact) mass is 344 g/mol. The summed E-state index contributed by atoms with van der Waals surface area (Å²) in [5, 5.41) is 14.0. The summed E-state index contributed by atoms with van der Waals surface area (Å²) in [6.45, 7) is 2.10. The number of benzene rings is 2. The van der Waals surface area contributed by atoms with Crippen molar-refractivity contribution < 1.29 is 5.11 Å². The van der Waals surface area contributed by atoms with Gasteiger partial charge in [-0.3, -0.25) is 0 Å². The van der Waals surface area contributed by atoms with E-state index in [4.69, 9.17) is 0 Å². The van der Waals surface area contributed by atoms with Crippen molar-refractivity contribution in [2.45, 2.75) is 13.5 Å². The number of anilines is 2. The number of hydrogen-bond donors (Lipinski definition) is 1. The van der Waals surface area contributed by atoms with E-state index in [0.29, 0.717) is 0 Å². The van der Waals surface area contributed by atoms with E-state index in [0.717, 1.165) is 33.8 Å². The molecule has 0 amide bonds. The molecule has 0 atom stereocenters. The van der Waals surface area contributed by atoms with E-state index >= 15 is 0 Å². The normalized spacial score (nSPS) is 11.0. The van der Waals surface area contributed by atoms with Crippen LogP contribution in [0.5, 0.6) is 0 Å². The van der Waals surface area contributed by atoms with E-state index in [1.54, 1.807) is 6.20 Å². The zero-order valence-electron chi connectivity index (χ0n) is 14.8. The molecule has 26 heavy (non-hydrogen) atoms. The van der Waals surface area contributed by atoms with Gasteiger partial charge in [0.25, 0.3) is 0 Å². The van der Waals surface area contributed by atoms with E-state index in [-0.39, 0.29) is 6.61 Å². The Labute approximate surface area is 152 Å². The molecular formula is C21H20N4O. The summed E-state index contributed by atoms with van der Waals surface area (Å²) in [6, 6.07) is 18.1. The third kappa shape index (κ3) is 2.82. The van der Waals surface area contributed by atoms with Gasteiger partial charge in [0.1, 0.15) is 5.82 Å². The van der Waals surface area contributed by atoms with Crippen LogP contribution in [0.4, 0.5) is 11.5 Å². The molecule has 2 aromatic heterocycles. The van der Waals surface area contributed by atoms with Gasteiger partial charge in [-0.15, -0.1) is 0 Å². The molecule has 0 aliphatic heterocycles. The summed E-state index contributed by atoms with van der Waals surface area (Å²) in [5.74, 6) is 0.935. The predicted molar refractivity (Wildman–Crippen MR) is 104 cm³/mol. The second kappa shape index (κ2) is 6.61. The van der Waals surface area contributed by atoms with Crippen molar-refractivity contribution in [3.8, 4) is 11.1 Å². The Morgan fingerprint density at radius 1 is 1.08 bits per heavy atom. The number of aliphatic hydroxyl groups is 1.